The third-order valence-electron chi connectivity index (χ3n) is 1.48. The summed E-state index contributed by atoms with van der Waals surface area (Å²) in [4.78, 5) is 33.4. The van der Waals surface area contributed by atoms with Gasteiger partial charge in [-0.15, -0.1) is 0 Å². The van der Waals surface area contributed by atoms with Crippen LogP contribution in [0.25, 0.3) is 0 Å². The lowest BCUT2D eigenvalue weighted by molar-refractivity contribution is -0.125. The molecule has 1 aliphatic heterocycles. The summed E-state index contributed by atoms with van der Waals surface area (Å²) in [6, 6.07) is -0.504. The van der Waals surface area contributed by atoms with Gasteiger partial charge >= 0.3 is 6.03 Å². The number of hydrogen-bond donors (Lipinski definition) is 1. The predicted octanol–water partition coefficient (Wildman–Crippen LogP) is -1.07. The van der Waals surface area contributed by atoms with Crippen LogP contribution in [0.3, 0.4) is 0 Å². The summed E-state index contributed by atoms with van der Waals surface area (Å²) in [6.45, 7) is 1.19. The minimum absolute atomic E-state index is 0.0884. The number of nitrogens with one attached hydrogen (secondary N) is 1. The van der Waals surface area contributed by atoms with E-state index < -0.39 is 6.03 Å². The molecule has 12 heavy (non-hydrogen) atoms. The van der Waals surface area contributed by atoms with E-state index in [-0.39, 0.29) is 18.4 Å². The number of hydrazine groups is 1. The monoisotopic (exact) mass is 171 g/mol. The minimum Gasteiger partial charge on any atom is -0.274 e. The van der Waals surface area contributed by atoms with E-state index >= 15 is 0 Å². The van der Waals surface area contributed by atoms with E-state index in [1.807, 2.05) is 0 Å². The highest BCUT2D eigenvalue weighted by molar-refractivity contribution is 6.02. The van der Waals surface area contributed by atoms with Gasteiger partial charge in [0.2, 0.25) is 5.91 Å². The Bertz CT molecular complexity index is 248. The molecule has 1 N–H and O–H groups in total. The van der Waals surface area contributed by atoms with Crippen LogP contribution in [0.2, 0.25) is 0 Å². The van der Waals surface area contributed by atoms with Crippen LogP contribution in [0.5, 0.6) is 0 Å². The van der Waals surface area contributed by atoms with Crippen LogP contribution in [-0.4, -0.2) is 41.3 Å². The fraction of sp³-hybridized carbons (Fsp3) is 0.500. The van der Waals surface area contributed by atoms with Crippen LogP contribution >= 0.6 is 0 Å². The Morgan fingerprint density at radius 1 is 1.50 bits per heavy atom. The number of rotatable bonds is 1. The molecule has 0 aliphatic carbocycles. The summed E-state index contributed by atoms with van der Waals surface area (Å²) >= 11 is 0. The van der Waals surface area contributed by atoms with Gasteiger partial charge in [-0.3, -0.25) is 19.9 Å². The predicted molar refractivity (Wildman–Crippen MR) is 38.7 cm³/mol. The summed E-state index contributed by atoms with van der Waals surface area (Å²) in [5.74, 6) is -0.694. The maximum atomic E-state index is 11.1. The second kappa shape index (κ2) is 2.80. The van der Waals surface area contributed by atoms with Gasteiger partial charge in [-0.25, -0.2) is 9.80 Å². The maximum Gasteiger partial charge on any atom is 0.345 e. The first-order valence-corrected chi connectivity index (χ1v) is 3.37. The van der Waals surface area contributed by atoms with Crippen molar-refractivity contribution in [2.75, 3.05) is 13.6 Å². The molecule has 0 aromatic heterocycles. The van der Waals surface area contributed by atoms with Gasteiger partial charge in [0.15, 0.2) is 0 Å². The van der Waals surface area contributed by atoms with E-state index in [1.54, 1.807) is 0 Å². The van der Waals surface area contributed by atoms with Crippen molar-refractivity contribution in [1.82, 2.24) is 15.3 Å². The second-order valence-electron chi connectivity index (χ2n) is 2.49. The molecule has 0 saturated carbocycles. The molecule has 0 bridgehead atoms. The van der Waals surface area contributed by atoms with Crippen molar-refractivity contribution in [2.24, 2.45) is 0 Å². The van der Waals surface area contributed by atoms with Crippen LogP contribution in [0.1, 0.15) is 6.92 Å². The van der Waals surface area contributed by atoms with Crippen molar-refractivity contribution in [2.45, 2.75) is 6.92 Å². The zero-order valence-electron chi connectivity index (χ0n) is 6.83. The molecule has 6 heteroatoms. The lowest BCUT2D eigenvalue weighted by atomic mass is 10.6. The number of likely N-dealkylation sites (N-methyl/N-ethyl adjacent to an activating group) is 1. The lowest BCUT2D eigenvalue weighted by Gasteiger charge is -2.13. The molecule has 1 aliphatic rings. The fourth-order valence-corrected chi connectivity index (χ4v) is 0.874. The Morgan fingerprint density at radius 2 is 2.08 bits per heavy atom. The maximum absolute atomic E-state index is 11.1. The summed E-state index contributed by atoms with van der Waals surface area (Å²) in [7, 11) is 1.37. The van der Waals surface area contributed by atoms with Gasteiger partial charge in [0, 0.05) is 14.0 Å². The van der Waals surface area contributed by atoms with Crippen LogP contribution in [0, 0.1) is 0 Å². The SMILES string of the molecule is CC(=O)NN1CC(=O)N(C)C1=O. The first kappa shape index (κ1) is 8.51. The Hall–Kier alpha value is -1.59. The van der Waals surface area contributed by atoms with Crippen molar-refractivity contribution < 1.29 is 14.4 Å². The summed E-state index contributed by atoms with van der Waals surface area (Å²) < 4.78 is 0. The number of carbonyl (C=O) groups excluding carboxylic acids is 3. The highest BCUT2D eigenvalue weighted by Gasteiger charge is 2.33. The molecule has 1 saturated heterocycles. The van der Waals surface area contributed by atoms with Gasteiger partial charge in [-0.1, -0.05) is 0 Å². The third kappa shape index (κ3) is 1.36. The molecule has 1 fully saturated rings. The number of carbonyl (C=O) groups is 3. The Morgan fingerprint density at radius 3 is 2.42 bits per heavy atom. The molecule has 0 aromatic carbocycles. The largest absolute Gasteiger partial charge is 0.345 e. The fourth-order valence-electron chi connectivity index (χ4n) is 0.874. The molecule has 1 rings (SSSR count). The molecule has 1 heterocycles. The molecule has 0 atom stereocenters. The number of hydrogen-bond acceptors (Lipinski definition) is 3. The molecule has 66 valence electrons. The van der Waals surface area contributed by atoms with E-state index in [0.29, 0.717) is 0 Å². The molecule has 0 radical (unpaired) electrons. The number of imide groups is 1. The summed E-state index contributed by atoms with van der Waals surface area (Å²) in [6.07, 6.45) is 0. The van der Waals surface area contributed by atoms with Gasteiger partial charge in [0.1, 0.15) is 6.54 Å². The zero-order valence-corrected chi connectivity index (χ0v) is 6.83. The minimum atomic E-state index is -0.504. The summed E-state index contributed by atoms with van der Waals surface area (Å²) in [5, 5.41) is 0.977. The molecular formula is C6H9N3O3. The van der Waals surface area contributed by atoms with Crippen molar-refractivity contribution in [3.8, 4) is 0 Å². The van der Waals surface area contributed by atoms with Crippen molar-refractivity contribution >= 4 is 17.8 Å². The molecule has 0 unspecified atom stereocenters. The highest BCUT2D eigenvalue weighted by Crippen LogP contribution is 2.03. The second-order valence-corrected chi connectivity index (χ2v) is 2.49. The normalized spacial score (nSPS) is 17.2. The topological polar surface area (TPSA) is 69.7 Å². The van der Waals surface area contributed by atoms with Crippen LogP contribution in [0.4, 0.5) is 4.79 Å². The third-order valence-corrected chi connectivity index (χ3v) is 1.48. The average Bonchev–Trinajstić information content (AvgIpc) is 2.17. The smallest absolute Gasteiger partial charge is 0.274 e. The van der Waals surface area contributed by atoms with Gasteiger partial charge in [0.25, 0.3) is 5.91 Å². The molecule has 4 amide bonds. The quantitative estimate of drug-likeness (QED) is 0.511. The first-order valence-electron chi connectivity index (χ1n) is 3.37. The van der Waals surface area contributed by atoms with Gasteiger partial charge < -0.3 is 0 Å². The standard InChI is InChI=1S/C6H9N3O3/c1-4(10)7-9-3-5(11)8(2)6(9)12/h3H2,1-2H3,(H,7,10). The first-order chi connectivity index (χ1) is 5.52. The van der Waals surface area contributed by atoms with Crippen molar-refractivity contribution in [3.63, 3.8) is 0 Å². The van der Waals surface area contributed by atoms with Gasteiger partial charge in [-0.05, 0) is 0 Å². The molecular weight excluding hydrogens is 162 g/mol. The molecule has 6 nitrogen and oxygen atoms in total. The van der Waals surface area contributed by atoms with E-state index in [4.69, 9.17) is 0 Å². The molecule has 0 aromatic rings. The van der Waals surface area contributed by atoms with E-state index in [0.717, 1.165) is 9.91 Å². The number of amides is 4. The van der Waals surface area contributed by atoms with Crippen LogP contribution in [0.15, 0.2) is 0 Å². The number of urea groups is 1. The van der Waals surface area contributed by atoms with E-state index in [2.05, 4.69) is 5.43 Å². The van der Waals surface area contributed by atoms with Gasteiger partial charge in [-0.2, -0.15) is 0 Å². The van der Waals surface area contributed by atoms with Crippen LogP contribution in [-0.2, 0) is 9.59 Å². The Balaban J connectivity index is 2.65. The van der Waals surface area contributed by atoms with Crippen LogP contribution < -0.4 is 5.43 Å². The Labute approximate surface area is 69.1 Å². The summed E-state index contributed by atoms with van der Waals surface area (Å²) in [5.41, 5.74) is 2.23. The lowest BCUT2D eigenvalue weighted by Crippen LogP contribution is -2.43. The molecule has 0 spiro atoms. The van der Waals surface area contributed by atoms with Crippen molar-refractivity contribution in [3.05, 3.63) is 0 Å². The highest BCUT2D eigenvalue weighted by atomic mass is 16.2. The zero-order chi connectivity index (χ0) is 9.30. The Kier molecular flexibility index (Phi) is 1.99. The number of nitrogens with zero attached hydrogens (tertiary/aromatic N) is 2. The average molecular weight is 171 g/mol. The van der Waals surface area contributed by atoms with E-state index in [1.165, 1.54) is 14.0 Å². The van der Waals surface area contributed by atoms with Gasteiger partial charge in [0.05, 0.1) is 0 Å². The van der Waals surface area contributed by atoms with Crippen molar-refractivity contribution in [1.29, 1.82) is 0 Å². The van der Waals surface area contributed by atoms with E-state index in [9.17, 15) is 14.4 Å².